The molecule has 3 fully saturated rings. The van der Waals surface area contributed by atoms with Gasteiger partial charge in [0.15, 0.2) is 6.23 Å². The zero-order valence-corrected chi connectivity index (χ0v) is 19.4. The maximum Gasteiger partial charge on any atom is 0.411 e. The summed E-state index contributed by atoms with van der Waals surface area (Å²) in [4.78, 5) is 34.4. The Morgan fingerprint density at radius 3 is 2.13 bits per heavy atom. The van der Waals surface area contributed by atoms with Gasteiger partial charge in [-0.2, -0.15) is 0 Å². The van der Waals surface area contributed by atoms with E-state index >= 15 is 0 Å². The molecule has 3 rings (SSSR count). The highest BCUT2D eigenvalue weighted by Gasteiger charge is 2.43. The van der Waals surface area contributed by atoms with Crippen LogP contribution in [0.15, 0.2) is 0 Å². The van der Waals surface area contributed by atoms with Crippen LogP contribution in [0, 0.1) is 0 Å². The fraction of sp³-hybridized carbons (Fsp3) is 0.909. The first-order valence-electron chi connectivity index (χ1n) is 12.0. The molecule has 0 aromatic heterocycles. The third-order valence-corrected chi connectivity index (χ3v) is 6.97. The summed E-state index contributed by atoms with van der Waals surface area (Å²) in [7, 11) is 1.85. The van der Waals surface area contributed by atoms with Crippen molar-refractivity contribution in [3.63, 3.8) is 0 Å². The van der Waals surface area contributed by atoms with E-state index in [2.05, 4.69) is 26.5 Å². The second-order valence-corrected chi connectivity index (χ2v) is 9.15. The van der Waals surface area contributed by atoms with E-state index in [1.165, 1.54) is 39.1 Å². The Labute approximate surface area is 186 Å². The second kappa shape index (κ2) is 12.0. The number of hydrogen-bond donors (Lipinski definition) is 1. The third kappa shape index (κ3) is 7.03. The van der Waals surface area contributed by atoms with E-state index in [9.17, 15) is 9.59 Å². The molecule has 1 N–H and O–H groups in total. The van der Waals surface area contributed by atoms with Gasteiger partial charge in [-0.3, -0.25) is 9.69 Å². The highest BCUT2D eigenvalue weighted by molar-refractivity contribution is 5.70. The molecule has 3 heterocycles. The van der Waals surface area contributed by atoms with Crippen LogP contribution in [0.1, 0.15) is 39.0 Å². The van der Waals surface area contributed by atoms with Crippen LogP contribution in [0.25, 0.3) is 0 Å². The van der Waals surface area contributed by atoms with E-state index in [1.54, 1.807) is 4.90 Å². The molecule has 2 unspecified atom stereocenters. The van der Waals surface area contributed by atoms with Crippen LogP contribution in [0.2, 0.25) is 0 Å². The van der Waals surface area contributed by atoms with Crippen LogP contribution in [0.3, 0.4) is 0 Å². The molecule has 2 atom stereocenters. The number of cyclic esters (lactones) is 1. The van der Waals surface area contributed by atoms with Gasteiger partial charge in [-0.25, -0.2) is 4.79 Å². The number of carboxylic acids is 1. The number of likely N-dealkylation sites (N-methyl/N-ethyl adjacent to an activating group) is 1. The van der Waals surface area contributed by atoms with Crippen molar-refractivity contribution >= 4 is 12.1 Å². The molecule has 0 bridgehead atoms. The quantitative estimate of drug-likeness (QED) is 0.479. The highest BCUT2D eigenvalue weighted by Crippen LogP contribution is 2.26. The number of amides is 1. The number of rotatable bonds is 11. The molecule has 178 valence electrons. The van der Waals surface area contributed by atoms with Gasteiger partial charge in [0, 0.05) is 66.0 Å². The predicted octanol–water partition coefficient (Wildman–Crippen LogP) is 1.05. The molecule has 0 radical (unpaired) electrons. The minimum atomic E-state index is -0.753. The van der Waals surface area contributed by atoms with E-state index < -0.39 is 5.97 Å². The fourth-order valence-electron chi connectivity index (χ4n) is 4.98. The lowest BCUT2D eigenvalue weighted by Crippen LogP contribution is -2.54. The molecule has 3 aliphatic heterocycles. The summed E-state index contributed by atoms with van der Waals surface area (Å²) in [5, 5.41) is 8.88. The molecule has 0 saturated carbocycles. The molecule has 1 amide bonds. The first-order chi connectivity index (χ1) is 15.0. The largest absolute Gasteiger partial charge is 0.481 e. The van der Waals surface area contributed by atoms with Gasteiger partial charge in [-0.05, 0) is 38.8 Å². The lowest BCUT2D eigenvalue weighted by molar-refractivity contribution is -0.137. The van der Waals surface area contributed by atoms with Crippen molar-refractivity contribution < 1.29 is 19.4 Å². The van der Waals surface area contributed by atoms with Gasteiger partial charge < -0.3 is 29.4 Å². The number of carbonyl (C=O) groups excluding carboxylic acids is 1. The van der Waals surface area contributed by atoms with Crippen molar-refractivity contribution in [2.75, 3.05) is 79.0 Å². The Bertz CT molecular complexity index is 576. The normalized spacial score (nSPS) is 27.0. The molecule has 3 aliphatic rings. The Morgan fingerprint density at radius 1 is 0.935 bits per heavy atom. The molecule has 0 aliphatic carbocycles. The van der Waals surface area contributed by atoms with E-state index in [-0.39, 0.29) is 24.8 Å². The average molecular weight is 440 g/mol. The van der Waals surface area contributed by atoms with Gasteiger partial charge in [-0.15, -0.1) is 0 Å². The molecule has 9 nitrogen and oxygen atoms in total. The summed E-state index contributed by atoms with van der Waals surface area (Å²) >= 11 is 0. The van der Waals surface area contributed by atoms with Crippen molar-refractivity contribution in [3.05, 3.63) is 0 Å². The van der Waals surface area contributed by atoms with Crippen LogP contribution >= 0.6 is 0 Å². The minimum Gasteiger partial charge on any atom is -0.481 e. The van der Waals surface area contributed by atoms with Gasteiger partial charge in [0.05, 0.1) is 12.5 Å². The lowest BCUT2D eigenvalue weighted by atomic mass is 10.1. The van der Waals surface area contributed by atoms with Gasteiger partial charge in [0.1, 0.15) is 0 Å². The summed E-state index contributed by atoms with van der Waals surface area (Å²) in [5.41, 5.74) is 0. The summed E-state index contributed by atoms with van der Waals surface area (Å²) in [6, 6.07) is 0.0967. The monoisotopic (exact) mass is 439 g/mol. The SMILES string of the molecule is CCCN1CCN(CCCCC2C(N3CCN(CCC(=O)O)CC3)OC(=O)N2C)CC1. The number of unbranched alkanes of at least 4 members (excludes halogenated alkanes) is 1. The molecule has 31 heavy (non-hydrogen) atoms. The van der Waals surface area contributed by atoms with Crippen molar-refractivity contribution in [3.8, 4) is 0 Å². The zero-order chi connectivity index (χ0) is 22.2. The number of ether oxygens (including phenoxy) is 1. The number of carboxylic acid groups (broad SMARTS) is 1. The summed E-state index contributed by atoms with van der Waals surface area (Å²) in [6.45, 7) is 13.1. The van der Waals surface area contributed by atoms with E-state index in [1.807, 2.05) is 7.05 Å². The van der Waals surface area contributed by atoms with Crippen molar-refractivity contribution in [2.45, 2.75) is 51.3 Å². The van der Waals surface area contributed by atoms with Crippen LogP contribution in [0.5, 0.6) is 0 Å². The predicted molar refractivity (Wildman–Crippen MR) is 119 cm³/mol. The van der Waals surface area contributed by atoms with Crippen LogP contribution < -0.4 is 0 Å². The number of piperazine rings is 2. The number of carbonyl (C=O) groups is 2. The number of nitrogens with zero attached hydrogens (tertiary/aromatic N) is 5. The van der Waals surface area contributed by atoms with Gasteiger partial charge in [0.25, 0.3) is 0 Å². The first-order valence-corrected chi connectivity index (χ1v) is 12.0. The van der Waals surface area contributed by atoms with Crippen molar-refractivity contribution in [1.82, 2.24) is 24.5 Å². The van der Waals surface area contributed by atoms with E-state index in [4.69, 9.17) is 9.84 Å². The zero-order valence-electron chi connectivity index (χ0n) is 19.4. The average Bonchev–Trinajstić information content (AvgIpc) is 3.05. The molecular formula is C22H41N5O4. The summed E-state index contributed by atoms with van der Waals surface area (Å²) in [6.07, 6.45) is 4.21. The van der Waals surface area contributed by atoms with Crippen molar-refractivity contribution in [2.24, 2.45) is 0 Å². The molecule has 9 heteroatoms. The van der Waals surface area contributed by atoms with Gasteiger partial charge in [-0.1, -0.05) is 6.92 Å². The molecule has 0 aromatic carbocycles. The van der Waals surface area contributed by atoms with Crippen LogP contribution in [-0.4, -0.2) is 133 Å². The van der Waals surface area contributed by atoms with E-state index in [0.29, 0.717) is 6.54 Å². The Hall–Kier alpha value is -1.42. The first kappa shape index (κ1) is 24.2. The van der Waals surface area contributed by atoms with Gasteiger partial charge in [0.2, 0.25) is 0 Å². The highest BCUT2D eigenvalue weighted by atomic mass is 16.6. The van der Waals surface area contributed by atoms with Gasteiger partial charge >= 0.3 is 12.1 Å². The smallest absolute Gasteiger partial charge is 0.411 e. The molecule has 0 aromatic rings. The molecule has 3 saturated heterocycles. The molecule has 0 spiro atoms. The summed E-state index contributed by atoms with van der Waals surface area (Å²) in [5.74, 6) is -0.753. The Kier molecular flexibility index (Phi) is 9.37. The fourth-order valence-corrected chi connectivity index (χ4v) is 4.98. The van der Waals surface area contributed by atoms with Crippen LogP contribution in [-0.2, 0) is 9.53 Å². The third-order valence-electron chi connectivity index (χ3n) is 6.97. The number of hydrogen-bond acceptors (Lipinski definition) is 7. The maximum absolute atomic E-state index is 12.2. The maximum atomic E-state index is 12.2. The van der Waals surface area contributed by atoms with Crippen molar-refractivity contribution in [1.29, 1.82) is 0 Å². The summed E-state index contributed by atoms with van der Waals surface area (Å²) < 4.78 is 5.73. The van der Waals surface area contributed by atoms with E-state index in [0.717, 1.165) is 52.0 Å². The number of aliphatic carboxylic acids is 1. The Balaban J connectivity index is 1.38. The molecular weight excluding hydrogens is 398 g/mol. The second-order valence-electron chi connectivity index (χ2n) is 9.15. The topological polar surface area (TPSA) is 79.8 Å². The standard InChI is InChI=1S/C22H41N5O4/c1-3-8-24-11-13-25(14-12-24)9-5-4-6-19-21(31-22(30)23(19)2)27-17-15-26(16-18-27)10-7-20(28)29/h19,21H,3-18H2,1-2H3,(H,28,29). The lowest BCUT2D eigenvalue weighted by Gasteiger charge is -2.38. The minimum absolute atomic E-state index is 0.0967. The van der Waals surface area contributed by atoms with Crippen LogP contribution in [0.4, 0.5) is 4.79 Å². The Morgan fingerprint density at radius 2 is 1.52 bits per heavy atom.